The van der Waals surface area contributed by atoms with Gasteiger partial charge in [0.25, 0.3) is 0 Å². The molecule has 1 heterocycles. The molecule has 2 amide bonds. The van der Waals surface area contributed by atoms with Gasteiger partial charge in [-0.25, -0.2) is 0 Å². The summed E-state index contributed by atoms with van der Waals surface area (Å²) in [6, 6.07) is -0.516. The van der Waals surface area contributed by atoms with E-state index in [1.165, 1.54) is 0 Å². The van der Waals surface area contributed by atoms with Crippen LogP contribution < -0.4 is 10.6 Å². The van der Waals surface area contributed by atoms with E-state index in [0.29, 0.717) is 25.8 Å². The van der Waals surface area contributed by atoms with E-state index in [4.69, 9.17) is 0 Å². The van der Waals surface area contributed by atoms with Gasteiger partial charge >= 0.3 is 5.97 Å². The van der Waals surface area contributed by atoms with Crippen molar-refractivity contribution in [3.63, 3.8) is 0 Å². The minimum absolute atomic E-state index is 0.0217. The lowest BCUT2D eigenvalue weighted by atomic mass is 9.82. The molecule has 0 aromatic heterocycles. The van der Waals surface area contributed by atoms with Crippen LogP contribution in [0.2, 0.25) is 0 Å². The van der Waals surface area contributed by atoms with Crippen LogP contribution in [-0.2, 0) is 14.4 Å². The molecule has 1 saturated carbocycles. The second-order valence-electron chi connectivity index (χ2n) is 5.88. The lowest BCUT2D eigenvalue weighted by molar-refractivity contribution is -0.151. The molecule has 20 heavy (non-hydrogen) atoms. The monoisotopic (exact) mass is 282 g/mol. The number of hydrogen-bond donors (Lipinski definition) is 3. The molecule has 3 N–H and O–H groups in total. The number of carbonyl (C=O) groups is 3. The molecule has 0 aromatic carbocycles. The largest absolute Gasteiger partial charge is 0.481 e. The number of rotatable bonds is 4. The van der Waals surface area contributed by atoms with Gasteiger partial charge in [-0.3, -0.25) is 14.4 Å². The van der Waals surface area contributed by atoms with Crippen LogP contribution in [0.4, 0.5) is 0 Å². The first kappa shape index (κ1) is 14.8. The Hall–Kier alpha value is -1.59. The Morgan fingerprint density at radius 1 is 1.25 bits per heavy atom. The SMILES string of the molecule is O=C(CC1(C(=O)O)CCCC1)NC1CCCCNC1=O. The summed E-state index contributed by atoms with van der Waals surface area (Å²) in [6.07, 6.45) is 5.20. The van der Waals surface area contributed by atoms with Crippen molar-refractivity contribution in [1.29, 1.82) is 0 Å². The molecule has 2 rings (SSSR count). The highest BCUT2D eigenvalue weighted by atomic mass is 16.4. The molecule has 1 aliphatic carbocycles. The Bertz CT molecular complexity index is 402. The molecule has 0 bridgehead atoms. The number of carboxylic acid groups (broad SMARTS) is 1. The summed E-state index contributed by atoms with van der Waals surface area (Å²) in [6.45, 7) is 0.643. The third kappa shape index (κ3) is 3.29. The van der Waals surface area contributed by atoms with Crippen molar-refractivity contribution in [3.8, 4) is 0 Å². The Labute approximate surface area is 118 Å². The number of aliphatic carboxylic acids is 1. The highest BCUT2D eigenvalue weighted by Gasteiger charge is 2.43. The van der Waals surface area contributed by atoms with Crippen molar-refractivity contribution in [2.24, 2.45) is 5.41 Å². The fraction of sp³-hybridized carbons (Fsp3) is 0.786. The predicted molar refractivity (Wildman–Crippen MR) is 71.9 cm³/mol. The van der Waals surface area contributed by atoms with Gasteiger partial charge in [0.15, 0.2) is 0 Å². The first-order valence-electron chi connectivity index (χ1n) is 7.34. The Morgan fingerprint density at radius 2 is 1.95 bits per heavy atom. The third-order valence-corrected chi connectivity index (χ3v) is 4.38. The molecular formula is C14H22N2O4. The van der Waals surface area contributed by atoms with Crippen molar-refractivity contribution in [2.45, 2.75) is 57.4 Å². The molecule has 1 saturated heterocycles. The van der Waals surface area contributed by atoms with Gasteiger partial charge in [0, 0.05) is 13.0 Å². The van der Waals surface area contributed by atoms with Crippen molar-refractivity contribution in [2.75, 3.05) is 6.54 Å². The highest BCUT2D eigenvalue weighted by Crippen LogP contribution is 2.41. The van der Waals surface area contributed by atoms with Crippen LogP contribution in [0.15, 0.2) is 0 Å². The zero-order valence-electron chi connectivity index (χ0n) is 11.6. The minimum atomic E-state index is -0.925. The maximum absolute atomic E-state index is 12.1. The van der Waals surface area contributed by atoms with Gasteiger partial charge in [-0.2, -0.15) is 0 Å². The zero-order valence-corrected chi connectivity index (χ0v) is 11.6. The second-order valence-corrected chi connectivity index (χ2v) is 5.88. The summed E-state index contributed by atoms with van der Waals surface area (Å²) in [5.41, 5.74) is -0.925. The van der Waals surface area contributed by atoms with Crippen LogP contribution >= 0.6 is 0 Å². The molecule has 0 radical (unpaired) electrons. The molecule has 1 atom stereocenters. The van der Waals surface area contributed by atoms with Crippen LogP contribution in [0.5, 0.6) is 0 Å². The van der Waals surface area contributed by atoms with Crippen LogP contribution in [0.25, 0.3) is 0 Å². The predicted octanol–water partition coefficient (Wildman–Crippen LogP) is 0.806. The molecule has 6 nitrogen and oxygen atoms in total. The zero-order chi connectivity index (χ0) is 14.6. The van der Waals surface area contributed by atoms with Gasteiger partial charge in [0.05, 0.1) is 5.41 Å². The molecule has 0 aromatic rings. The molecule has 2 fully saturated rings. The van der Waals surface area contributed by atoms with Crippen molar-refractivity contribution in [3.05, 3.63) is 0 Å². The smallest absolute Gasteiger partial charge is 0.310 e. The molecule has 6 heteroatoms. The molecule has 1 unspecified atom stereocenters. The summed E-state index contributed by atoms with van der Waals surface area (Å²) in [4.78, 5) is 35.3. The molecule has 2 aliphatic rings. The van der Waals surface area contributed by atoms with E-state index < -0.39 is 17.4 Å². The standard InChI is InChI=1S/C14H22N2O4/c17-11(9-14(13(19)20)6-2-3-7-14)16-10-5-1-4-8-15-12(10)18/h10H,1-9H2,(H,15,18)(H,16,17)(H,19,20). The molecule has 112 valence electrons. The summed E-state index contributed by atoms with van der Waals surface area (Å²) in [5.74, 6) is -1.38. The van der Waals surface area contributed by atoms with Gasteiger partial charge < -0.3 is 15.7 Å². The average molecular weight is 282 g/mol. The van der Waals surface area contributed by atoms with Crippen molar-refractivity contribution >= 4 is 17.8 Å². The van der Waals surface area contributed by atoms with E-state index >= 15 is 0 Å². The first-order chi connectivity index (χ1) is 9.53. The quantitative estimate of drug-likeness (QED) is 0.711. The average Bonchev–Trinajstić information content (AvgIpc) is 2.77. The van der Waals surface area contributed by atoms with E-state index in [1.54, 1.807) is 0 Å². The Morgan fingerprint density at radius 3 is 2.60 bits per heavy atom. The second kappa shape index (κ2) is 6.24. The lowest BCUT2D eigenvalue weighted by Gasteiger charge is -2.24. The van der Waals surface area contributed by atoms with E-state index in [0.717, 1.165) is 25.7 Å². The van der Waals surface area contributed by atoms with E-state index in [-0.39, 0.29) is 18.2 Å². The van der Waals surface area contributed by atoms with E-state index in [2.05, 4.69) is 10.6 Å². The molecule has 1 aliphatic heterocycles. The van der Waals surface area contributed by atoms with Gasteiger partial charge in [0.2, 0.25) is 11.8 Å². The number of amides is 2. The Balaban J connectivity index is 1.94. The number of hydrogen-bond acceptors (Lipinski definition) is 3. The summed E-state index contributed by atoms with van der Waals surface area (Å²) < 4.78 is 0. The topological polar surface area (TPSA) is 95.5 Å². The normalized spacial score (nSPS) is 25.6. The summed E-state index contributed by atoms with van der Waals surface area (Å²) in [5, 5.41) is 14.8. The van der Waals surface area contributed by atoms with Gasteiger partial charge in [0.1, 0.15) is 6.04 Å². The van der Waals surface area contributed by atoms with Crippen molar-refractivity contribution < 1.29 is 19.5 Å². The first-order valence-corrected chi connectivity index (χ1v) is 7.34. The van der Waals surface area contributed by atoms with Crippen LogP contribution in [0.3, 0.4) is 0 Å². The summed E-state index contributed by atoms with van der Waals surface area (Å²) >= 11 is 0. The maximum atomic E-state index is 12.1. The lowest BCUT2D eigenvalue weighted by Crippen LogP contribution is -2.47. The van der Waals surface area contributed by atoms with Gasteiger partial charge in [-0.1, -0.05) is 12.8 Å². The van der Waals surface area contributed by atoms with Crippen molar-refractivity contribution in [1.82, 2.24) is 10.6 Å². The molecule has 0 spiro atoms. The fourth-order valence-electron chi connectivity index (χ4n) is 3.15. The molecular weight excluding hydrogens is 260 g/mol. The number of nitrogens with one attached hydrogen (secondary N) is 2. The van der Waals surface area contributed by atoms with Crippen LogP contribution in [0, 0.1) is 5.41 Å². The van der Waals surface area contributed by atoms with E-state index in [1.807, 2.05) is 0 Å². The third-order valence-electron chi connectivity index (χ3n) is 4.38. The van der Waals surface area contributed by atoms with Gasteiger partial charge in [-0.15, -0.1) is 0 Å². The number of carbonyl (C=O) groups excluding carboxylic acids is 2. The van der Waals surface area contributed by atoms with Crippen LogP contribution in [-0.4, -0.2) is 35.5 Å². The fourth-order valence-corrected chi connectivity index (χ4v) is 3.15. The Kier molecular flexibility index (Phi) is 4.62. The number of carboxylic acids is 1. The van der Waals surface area contributed by atoms with Gasteiger partial charge in [-0.05, 0) is 32.1 Å². The van der Waals surface area contributed by atoms with Crippen LogP contribution in [0.1, 0.15) is 51.4 Å². The maximum Gasteiger partial charge on any atom is 0.310 e. The summed E-state index contributed by atoms with van der Waals surface area (Å²) in [7, 11) is 0. The minimum Gasteiger partial charge on any atom is -0.481 e. The highest BCUT2D eigenvalue weighted by molar-refractivity contribution is 5.90. The van der Waals surface area contributed by atoms with E-state index in [9.17, 15) is 19.5 Å².